The van der Waals surface area contributed by atoms with Gasteiger partial charge in [-0.3, -0.25) is 0 Å². The van der Waals surface area contributed by atoms with Gasteiger partial charge in [-0.1, -0.05) is 47.0 Å². The summed E-state index contributed by atoms with van der Waals surface area (Å²) in [5, 5.41) is 3.72. The van der Waals surface area contributed by atoms with Crippen LogP contribution in [0.15, 0.2) is 0 Å². The summed E-state index contributed by atoms with van der Waals surface area (Å²) in [6.45, 7) is 15.5. The van der Waals surface area contributed by atoms with Gasteiger partial charge in [-0.2, -0.15) is 0 Å². The highest BCUT2D eigenvalue weighted by Gasteiger charge is 2.35. The Morgan fingerprint density at radius 1 is 1.10 bits per heavy atom. The van der Waals surface area contributed by atoms with Gasteiger partial charge in [-0.05, 0) is 56.7 Å². The van der Waals surface area contributed by atoms with E-state index in [1.165, 1.54) is 77.7 Å². The molecule has 0 spiro atoms. The molecule has 1 saturated carbocycles. The van der Waals surface area contributed by atoms with Gasteiger partial charge in [0.05, 0.1) is 0 Å². The van der Waals surface area contributed by atoms with Crippen LogP contribution in [0.3, 0.4) is 0 Å². The lowest BCUT2D eigenvalue weighted by molar-refractivity contribution is 0.0882. The third-order valence-electron chi connectivity index (χ3n) is 5.10. The smallest absolute Gasteiger partial charge is 0.00500 e. The molecular weight excluding hydrogens is 244 g/mol. The molecule has 1 rings (SSSR count). The molecule has 0 aromatic carbocycles. The van der Waals surface area contributed by atoms with Crippen molar-refractivity contribution in [3.8, 4) is 0 Å². The standard InChI is InChI=1S/C18H38N2/c1-5-8-14-20(7-3)16-18(15-19-13-6-2)11-9-17(4)10-12-18/h17,19H,5-16H2,1-4H3. The lowest BCUT2D eigenvalue weighted by Crippen LogP contribution is -2.46. The maximum Gasteiger partial charge on any atom is 0.00500 e. The van der Waals surface area contributed by atoms with E-state index in [9.17, 15) is 0 Å². The summed E-state index contributed by atoms with van der Waals surface area (Å²) in [5.41, 5.74) is 0.547. The molecule has 0 radical (unpaired) electrons. The third-order valence-corrected chi connectivity index (χ3v) is 5.10. The van der Waals surface area contributed by atoms with E-state index in [4.69, 9.17) is 0 Å². The first kappa shape index (κ1) is 18.0. The number of nitrogens with one attached hydrogen (secondary N) is 1. The molecule has 2 heteroatoms. The van der Waals surface area contributed by atoms with Crippen LogP contribution >= 0.6 is 0 Å². The zero-order valence-corrected chi connectivity index (χ0v) is 14.5. The van der Waals surface area contributed by atoms with Gasteiger partial charge in [0.2, 0.25) is 0 Å². The summed E-state index contributed by atoms with van der Waals surface area (Å²) in [7, 11) is 0. The van der Waals surface area contributed by atoms with Gasteiger partial charge in [0.15, 0.2) is 0 Å². The van der Waals surface area contributed by atoms with Crippen LogP contribution in [0.5, 0.6) is 0 Å². The van der Waals surface area contributed by atoms with Crippen LogP contribution in [-0.4, -0.2) is 37.6 Å². The summed E-state index contributed by atoms with van der Waals surface area (Å²) >= 11 is 0. The van der Waals surface area contributed by atoms with Crippen LogP contribution in [0.4, 0.5) is 0 Å². The highest BCUT2D eigenvalue weighted by atomic mass is 15.1. The highest BCUT2D eigenvalue weighted by molar-refractivity contribution is 4.89. The quantitative estimate of drug-likeness (QED) is 0.601. The van der Waals surface area contributed by atoms with Crippen LogP contribution < -0.4 is 5.32 Å². The number of nitrogens with zero attached hydrogens (tertiary/aromatic N) is 1. The Labute approximate surface area is 127 Å². The number of hydrogen-bond donors (Lipinski definition) is 1. The van der Waals surface area contributed by atoms with Crippen LogP contribution in [0.2, 0.25) is 0 Å². The molecule has 1 fully saturated rings. The maximum absolute atomic E-state index is 3.72. The number of unbranched alkanes of at least 4 members (excludes halogenated alkanes) is 1. The van der Waals surface area contributed by atoms with E-state index in [-0.39, 0.29) is 0 Å². The molecule has 0 aromatic rings. The molecule has 0 saturated heterocycles. The summed E-state index contributed by atoms with van der Waals surface area (Å²) in [6, 6.07) is 0. The molecule has 120 valence electrons. The predicted molar refractivity (Wildman–Crippen MR) is 90.2 cm³/mol. The Hall–Kier alpha value is -0.0800. The van der Waals surface area contributed by atoms with Gasteiger partial charge in [0.1, 0.15) is 0 Å². The highest BCUT2D eigenvalue weighted by Crippen LogP contribution is 2.39. The van der Waals surface area contributed by atoms with Gasteiger partial charge in [0, 0.05) is 13.1 Å². The van der Waals surface area contributed by atoms with Gasteiger partial charge in [0.25, 0.3) is 0 Å². The van der Waals surface area contributed by atoms with E-state index >= 15 is 0 Å². The first-order valence-corrected chi connectivity index (χ1v) is 9.09. The van der Waals surface area contributed by atoms with Crippen molar-refractivity contribution in [2.24, 2.45) is 11.3 Å². The van der Waals surface area contributed by atoms with Crippen molar-refractivity contribution < 1.29 is 0 Å². The summed E-state index contributed by atoms with van der Waals surface area (Å²) in [4.78, 5) is 2.70. The fraction of sp³-hybridized carbons (Fsp3) is 1.00. The van der Waals surface area contributed by atoms with Crippen molar-refractivity contribution >= 4 is 0 Å². The van der Waals surface area contributed by atoms with E-state index in [1.807, 2.05) is 0 Å². The summed E-state index contributed by atoms with van der Waals surface area (Å²) < 4.78 is 0. The monoisotopic (exact) mass is 282 g/mol. The number of rotatable bonds is 10. The van der Waals surface area contributed by atoms with E-state index in [0.717, 1.165) is 5.92 Å². The molecule has 0 bridgehead atoms. The molecule has 0 aliphatic heterocycles. The Morgan fingerprint density at radius 3 is 2.35 bits per heavy atom. The van der Waals surface area contributed by atoms with Crippen molar-refractivity contribution in [2.45, 2.75) is 72.6 Å². The van der Waals surface area contributed by atoms with Gasteiger partial charge >= 0.3 is 0 Å². The molecule has 20 heavy (non-hydrogen) atoms. The number of hydrogen-bond acceptors (Lipinski definition) is 2. The first-order valence-electron chi connectivity index (χ1n) is 9.09. The lowest BCUT2D eigenvalue weighted by atomic mass is 9.70. The molecule has 1 aliphatic carbocycles. The SMILES string of the molecule is CCCCN(CC)CC1(CNCCC)CCC(C)CC1. The van der Waals surface area contributed by atoms with Gasteiger partial charge in [-0.15, -0.1) is 0 Å². The Bertz CT molecular complexity index is 232. The van der Waals surface area contributed by atoms with Crippen molar-refractivity contribution in [3.05, 3.63) is 0 Å². The topological polar surface area (TPSA) is 15.3 Å². The summed E-state index contributed by atoms with van der Waals surface area (Å²) in [6.07, 6.45) is 9.62. The van der Waals surface area contributed by atoms with E-state index in [1.54, 1.807) is 0 Å². The Balaban J connectivity index is 2.56. The lowest BCUT2D eigenvalue weighted by Gasteiger charge is -2.43. The second kappa shape index (κ2) is 9.78. The van der Waals surface area contributed by atoms with Crippen LogP contribution in [0.1, 0.15) is 72.6 Å². The Morgan fingerprint density at radius 2 is 1.80 bits per heavy atom. The zero-order chi connectivity index (χ0) is 14.8. The van der Waals surface area contributed by atoms with Crippen molar-refractivity contribution in [1.29, 1.82) is 0 Å². The van der Waals surface area contributed by atoms with Crippen LogP contribution in [0.25, 0.3) is 0 Å². The second-order valence-corrected chi connectivity index (χ2v) is 7.08. The molecule has 0 aromatic heterocycles. The first-order chi connectivity index (χ1) is 9.65. The fourth-order valence-electron chi connectivity index (χ4n) is 3.50. The van der Waals surface area contributed by atoms with E-state index in [2.05, 4.69) is 37.9 Å². The van der Waals surface area contributed by atoms with Crippen LogP contribution in [-0.2, 0) is 0 Å². The average molecular weight is 283 g/mol. The van der Waals surface area contributed by atoms with Crippen molar-refractivity contribution in [1.82, 2.24) is 10.2 Å². The van der Waals surface area contributed by atoms with Crippen LogP contribution in [0, 0.1) is 11.3 Å². The Kier molecular flexibility index (Phi) is 8.79. The van der Waals surface area contributed by atoms with Crippen molar-refractivity contribution in [2.75, 3.05) is 32.7 Å². The van der Waals surface area contributed by atoms with Crippen molar-refractivity contribution in [3.63, 3.8) is 0 Å². The maximum atomic E-state index is 3.72. The second-order valence-electron chi connectivity index (χ2n) is 7.08. The van der Waals surface area contributed by atoms with Gasteiger partial charge in [-0.25, -0.2) is 0 Å². The molecule has 2 nitrogen and oxygen atoms in total. The zero-order valence-electron chi connectivity index (χ0n) is 14.5. The predicted octanol–water partition coefficient (Wildman–Crippen LogP) is 4.30. The fourth-order valence-corrected chi connectivity index (χ4v) is 3.50. The van der Waals surface area contributed by atoms with E-state index in [0.29, 0.717) is 5.41 Å². The average Bonchev–Trinajstić information content (AvgIpc) is 2.47. The molecule has 1 aliphatic rings. The minimum Gasteiger partial charge on any atom is -0.316 e. The minimum atomic E-state index is 0.547. The molecule has 0 unspecified atom stereocenters. The summed E-state index contributed by atoms with van der Waals surface area (Å²) in [5.74, 6) is 0.944. The normalized spacial score (nSPS) is 27.1. The molecule has 0 amide bonds. The molecule has 0 heterocycles. The molecule has 0 atom stereocenters. The molecule has 1 N–H and O–H groups in total. The van der Waals surface area contributed by atoms with Gasteiger partial charge < -0.3 is 10.2 Å². The third kappa shape index (κ3) is 6.13. The molecular formula is C18H38N2. The largest absolute Gasteiger partial charge is 0.316 e. The minimum absolute atomic E-state index is 0.547. The van der Waals surface area contributed by atoms with E-state index < -0.39 is 0 Å².